The van der Waals surface area contributed by atoms with E-state index < -0.39 is 11.9 Å². The van der Waals surface area contributed by atoms with E-state index in [4.69, 9.17) is 5.11 Å². The zero-order chi connectivity index (χ0) is 11.3. The number of piperidine rings is 1. The molecular weight excluding hydrogens is 196 g/mol. The van der Waals surface area contributed by atoms with Crippen molar-refractivity contribution < 1.29 is 14.7 Å². The van der Waals surface area contributed by atoms with Gasteiger partial charge in [0, 0.05) is 13.1 Å². The molecule has 1 amide bonds. The second kappa shape index (κ2) is 5.70. The van der Waals surface area contributed by atoms with Gasteiger partial charge in [0.2, 0.25) is 5.91 Å². The molecule has 0 aromatic carbocycles. The summed E-state index contributed by atoms with van der Waals surface area (Å²) in [5.74, 6) is -1.43. The summed E-state index contributed by atoms with van der Waals surface area (Å²) in [6.07, 6.45) is 1.90. The lowest BCUT2D eigenvalue weighted by atomic mass is 9.98. The summed E-state index contributed by atoms with van der Waals surface area (Å²) in [5.41, 5.74) is 0. The van der Waals surface area contributed by atoms with Crippen molar-refractivity contribution in [3.05, 3.63) is 0 Å². The largest absolute Gasteiger partial charge is 0.481 e. The van der Waals surface area contributed by atoms with Crippen LogP contribution in [0, 0.1) is 11.8 Å². The number of rotatable bonds is 4. The number of amides is 1. The van der Waals surface area contributed by atoms with Crippen LogP contribution in [0.15, 0.2) is 0 Å². The highest BCUT2D eigenvalue weighted by Gasteiger charge is 2.21. The van der Waals surface area contributed by atoms with E-state index >= 15 is 0 Å². The molecule has 1 unspecified atom stereocenters. The molecule has 0 aliphatic carbocycles. The Morgan fingerprint density at radius 1 is 1.60 bits per heavy atom. The lowest BCUT2D eigenvalue weighted by molar-refractivity contribution is -0.141. The van der Waals surface area contributed by atoms with E-state index in [1.165, 1.54) is 0 Å². The lowest BCUT2D eigenvalue weighted by Crippen LogP contribution is -2.42. The van der Waals surface area contributed by atoms with Crippen LogP contribution >= 0.6 is 0 Å². The zero-order valence-electron chi connectivity index (χ0n) is 8.95. The van der Waals surface area contributed by atoms with Crippen molar-refractivity contribution in [2.45, 2.75) is 19.8 Å². The third-order valence-corrected chi connectivity index (χ3v) is 2.67. The van der Waals surface area contributed by atoms with Gasteiger partial charge in [-0.05, 0) is 19.4 Å². The van der Waals surface area contributed by atoms with Crippen LogP contribution in [-0.4, -0.2) is 36.6 Å². The molecule has 1 aliphatic heterocycles. The van der Waals surface area contributed by atoms with E-state index in [-0.39, 0.29) is 18.4 Å². The summed E-state index contributed by atoms with van der Waals surface area (Å²) in [4.78, 5) is 22.1. The molecule has 1 heterocycles. The highest BCUT2D eigenvalue weighted by atomic mass is 16.4. The maximum absolute atomic E-state index is 11.6. The number of carbonyl (C=O) groups excluding carboxylic acids is 1. The Bertz CT molecular complexity index is 237. The summed E-state index contributed by atoms with van der Waals surface area (Å²) >= 11 is 0. The predicted octanol–water partition coefficient (Wildman–Crippen LogP) is -0.177. The Hall–Kier alpha value is -1.10. The summed E-state index contributed by atoms with van der Waals surface area (Å²) in [6, 6.07) is 0. The maximum Gasteiger partial charge on any atom is 0.308 e. The van der Waals surface area contributed by atoms with Crippen molar-refractivity contribution in [2.24, 2.45) is 11.8 Å². The first-order chi connectivity index (χ1) is 7.11. The van der Waals surface area contributed by atoms with Crippen molar-refractivity contribution in [3.8, 4) is 0 Å². The van der Waals surface area contributed by atoms with E-state index in [1.54, 1.807) is 6.92 Å². The molecule has 0 spiro atoms. The number of hydrogen-bond donors (Lipinski definition) is 3. The molecule has 0 radical (unpaired) electrons. The molecule has 0 aromatic rings. The molecule has 0 aromatic heterocycles. The Morgan fingerprint density at radius 3 is 2.87 bits per heavy atom. The van der Waals surface area contributed by atoms with Gasteiger partial charge < -0.3 is 15.7 Å². The highest BCUT2D eigenvalue weighted by molar-refractivity contribution is 5.79. The van der Waals surface area contributed by atoms with E-state index in [9.17, 15) is 9.59 Å². The molecule has 1 rings (SSSR count). The number of carboxylic acids is 1. The maximum atomic E-state index is 11.6. The molecule has 1 fully saturated rings. The minimum atomic E-state index is -0.878. The average molecular weight is 214 g/mol. The number of carboxylic acid groups (broad SMARTS) is 1. The van der Waals surface area contributed by atoms with E-state index in [0.717, 1.165) is 19.4 Å². The van der Waals surface area contributed by atoms with Crippen LogP contribution in [0.5, 0.6) is 0 Å². The second-order valence-corrected chi connectivity index (χ2v) is 4.03. The zero-order valence-corrected chi connectivity index (χ0v) is 8.95. The normalized spacial score (nSPS) is 23.1. The van der Waals surface area contributed by atoms with Crippen LogP contribution in [0.4, 0.5) is 0 Å². The van der Waals surface area contributed by atoms with Crippen molar-refractivity contribution in [1.82, 2.24) is 10.6 Å². The van der Waals surface area contributed by atoms with Crippen LogP contribution in [0.1, 0.15) is 19.8 Å². The highest BCUT2D eigenvalue weighted by Crippen LogP contribution is 2.09. The minimum Gasteiger partial charge on any atom is -0.481 e. The molecular formula is C10H18N2O3. The van der Waals surface area contributed by atoms with Crippen LogP contribution in [0.25, 0.3) is 0 Å². The topological polar surface area (TPSA) is 78.4 Å². The molecule has 3 N–H and O–H groups in total. The summed E-state index contributed by atoms with van der Waals surface area (Å²) in [7, 11) is 0. The van der Waals surface area contributed by atoms with Crippen LogP contribution in [0.2, 0.25) is 0 Å². The van der Waals surface area contributed by atoms with Crippen molar-refractivity contribution in [2.75, 3.05) is 19.6 Å². The van der Waals surface area contributed by atoms with E-state index in [1.807, 2.05) is 0 Å². The van der Waals surface area contributed by atoms with Crippen molar-refractivity contribution in [3.63, 3.8) is 0 Å². The van der Waals surface area contributed by atoms with Gasteiger partial charge >= 0.3 is 5.97 Å². The van der Waals surface area contributed by atoms with E-state index in [0.29, 0.717) is 6.54 Å². The molecule has 5 nitrogen and oxygen atoms in total. The smallest absolute Gasteiger partial charge is 0.308 e. The van der Waals surface area contributed by atoms with Gasteiger partial charge in [-0.15, -0.1) is 0 Å². The molecule has 86 valence electrons. The molecule has 0 saturated carbocycles. The first-order valence-corrected chi connectivity index (χ1v) is 5.32. The van der Waals surface area contributed by atoms with Gasteiger partial charge in [0.15, 0.2) is 0 Å². The van der Waals surface area contributed by atoms with Gasteiger partial charge in [-0.1, -0.05) is 6.92 Å². The van der Waals surface area contributed by atoms with Gasteiger partial charge in [-0.25, -0.2) is 0 Å². The molecule has 0 bridgehead atoms. The average Bonchev–Trinajstić information content (AvgIpc) is 2.26. The molecule has 2 atom stereocenters. The number of aliphatic carboxylic acids is 1. The third-order valence-electron chi connectivity index (χ3n) is 2.67. The lowest BCUT2D eigenvalue weighted by Gasteiger charge is -2.22. The van der Waals surface area contributed by atoms with Gasteiger partial charge in [-0.2, -0.15) is 0 Å². The summed E-state index contributed by atoms with van der Waals surface area (Å²) in [6.45, 7) is 3.47. The van der Waals surface area contributed by atoms with Gasteiger partial charge in [0.1, 0.15) is 0 Å². The monoisotopic (exact) mass is 214 g/mol. The SMILES string of the molecule is CC(CNC(=O)[C@@H]1CCCNC1)C(=O)O. The summed E-state index contributed by atoms with van der Waals surface area (Å²) in [5, 5.41) is 14.5. The Balaban J connectivity index is 2.25. The minimum absolute atomic E-state index is 0.000236. The predicted molar refractivity (Wildman–Crippen MR) is 55.4 cm³/mol. The fourth-order valence-electron chi connectivity index (χ4n) is 1.56. The standard InChI is InChI=1S/C10H18N2O3/c1-7(10(14)15)5-12-9(13)8-3-2-4-11-6-8/h7-8,11H,2-6H2,1H3,(H,12,13)(H,14,15)/t7?,8-/m1/s1. The Labute approximate surface area is 89.2 Å². The first kappa shape index (κ1) is 12.0. The summed E-state index contributed by atoms with van der Waals surface area (Å²) < 4.78 is 0. The van der Waals surface area contributed by atoms with Crippen molar-refractivity contribution in [1.29, 1.82) is 0 Å². The van der Waals surface area contributed by atoms with E-state index in [2.05, 4.69) is 10.6 Å². The number of nitrogens with one attached hydrogen (secondary N) is 2. The third kappa shape index (κ3) is 3.87. The van der Waals surface area contributed by atoms with Gasteiger partial charge in [-0.3, -0.25) is 9.59 Å². The van der Waals surface area contributed by atoms with Crippen LogP contribution in [0.3, 0.4) is 0 Å². The molecule has 15 heavy (non-hydrogen) atoms. The molecule has 1 saturated heterocycles. The van der Waals surface area contributed by atoms with Crippen LogP contribution in [-0.2, 0) is 9.59 Å². The molecule has 1 aliphatic rings. The quantitative estimate of drug-likeness (QED) is 0.607. The number of carbonyl (C=O) groups is 2. The van der Waals surface area contributed by atoms with Gasteiger partial charge in [0.05, 0.1) is 11.8 Å². The number of hydrogen-bond acceptors (Lipinski definition) is 3. The second-order valence-electron chi connectivity index (χ2n) is 4.03. The van der Waals surface area contributed by atoms with Gasteiger partial charge in [0.25, 0.3) is 0 Å². The molecule has 5 heteroatoms. The Morgan fingerprint density at radius 2 is 2.33 bits per heavy atom. The fraction of sp³-hybridized carbons (Fsp3) is 0.800. The van der Waals surface area contributed by atoms with Crippen LogP contribution < -0.4 is 10.6 Å². The fourth-order valence-corrected chi connectivity index (χ4v) is 1.56. The Kier molecular flexibility index (Phi) is 4.55. The first-order valence-electron chi connectivity index (χ1n) is 5.32. The van der Waals surface area contributed by atoms with Crippen molar-refractivity contribution >= 4 is 11.9 Å².